The number of amides is 1. The zero-order valence-corrected chi connectivity index (χ0v) is 21.3. The van der Waals surface area contributed by atoms with E-state index in [0.717, 1.165) is 10.1 Å². The SMILES string of the molecule is COc1cccc(CNC(=O)C(NS(=O)(=O)c2ccc3c(c2)c(=O)n(C)c(=O)n3C)c2ccccc2)c1. The Morgan fingerprint density at radius 2 is 1.68 bits per heavy atom. The van der Waals surface area contributed by atoms with E-state index in [1.807, 2.05) is 6.07 Å². The largest absolute Gasteiger partial charge is 0.497 e. The van der Waals surface area contributed by atoms with Crippen LogP contribution in [-0.4, -0.2) is 30.6 Å². The van der Waals surface area contributed by atoms with Crippen LogP contribution in [0.25, 0.3) is 10.9 Å². The molecule has 1 unspecified atom stereocenters. The van der Waals surface area contributed by atoms with Gasteiger partial charge in [-0.05, 0) is 41.5 Å². The quantitative estimate of drug-likeness (QED) is 0.362. The van der Waals surface area contributed by atoms with Crippen LogP contribution < -0.4 is 26.0 Å². The van der Waals surface area contributed by atoms with E-state index in [-0.39, 0.29) is 16.8 Å². The molecular weight excluding hydrogens is 496 g/mol. The fourth-order valence-corrected chi connectivity index (χ4v) is 5.17. The highest BCUT2D eigenvalue weighted by Gasteiger charge is 2.28. The molecule has 0 radical (unpaired) electrons. The van der Waals surface area contributed by atoms with Gasteiger partial charge in [0.1, 0.15) is 11.8 Å². The van der Waals surface area contributed by atoms with Crippen LogP contribution in [0.15, 0.2) is 87.3 Å². The second kappa shape index (κ2) is 10.4. The van der Waals surface area contributed by atoms with Crippen molar-refractivity contribution in [2.75, 3.05) is 7.11 Å². The number of sulfonamides is 1. The van der Waals surface area contributed by atoms with Crippen LogP contribution in [0.4, 0.5) is 0 Å². The highest BCUT2D eigenvalue weighted by molar-refractivity contribution is 7.89. The average Bonchev–Trinajstić information content (AvgIpc) is 2.92. The van der Waals surface area contributed by atoms with E-state index in [1.165, 1.54) is 36.9 Å². The second-order valence-corrected chi connectivity index (χ2v) is 10.1. The van der Waals surface area contributed by atoms with Crippen LogP contribution in [0.2, 0.25) is 0 Å². The summed E-state index contributed by atoms with van der Waals surface area (Å²) in [5, 5.41) is 2.83. The van der Waals surface area contributed by atoms with Crippen molar-refractivity contribution in [3.8, 4) is 5.75 Å². The minimum Gasteiger partial charge on any atom is -0.497 e. The van der Waals surface area contributed by atoms with Gasteiger partial charge in [0.15, 0.2) is 0 Å². The van der Waals surface area contributed by atoms with Gasteiger partial charge in [-0.3, -0.25) is 18.7 Å². The molecule has 1 heterocycles. The Bertz CT molecular complexity index is 1690. The number of nitrogens with zero attached hydrogens (tertiary/aromatic N) is 2. The summed E-state index contributed by atoms with van der Waals surface area (Å²) in [6.45, 7) is 0.154. The summed E-state index contributed by atoms with van der Waals surface area (Å²) in [6, 6.07) is 18.2. The second-order valence-electron chi connectivity index (χ2n) is 8.42. The van der Waals surface area contributed by atoms with Gasteiger partial charge < -0.3 is 10.1 Å². The molecule has 1 amide bonds. The van der Waals surface area contributed by atoms with Crippen LogP contribution in [0.3, 0.4) is 0 Å². The van der Waals surface area contributed by atoms with E-state index in [4.69, 9.17) is 4.74 Å². The van der Waals surface area contributed by atoms with Crippen LogP contribution in [0.1, 0.15) is 17.2 Å². The van der Waals surface area contributed by atoms with Crippen molar-refractivity contribution in [2.45, 2.75) is 17.5 Å². The summed E-state index contributed by atoms with van der Waals surface area (Å²) in [7, 11) is 0.101. The molecule has 11 heteroatoms. The van der Waals surface area contributed by atoms with E-state index in [1.54, 1.807) is 55.6 Å². The molecule has 1 aromatic heterocycles. The lowest BCUT2D eigenvalue weighted by atomic mass is 10.1. The molecule has 0 fully saturated rings. The van der Waals surface area contributed by atoms with Gasteiger partial charge >= 0.3 is 5.69 Å². The number of methoxy groups -OCH3 is 1. The first-order valence-electron chi connectivity index (χ1n) is 11.3. The normalized spacial score (nSPS) is 12.3. The van der Waals surface area contributed by atoms with Gasteiger partial charge in [-0.2, -0.15) is 4.72 Å². The molecule has 0 aliphatic rings. The van der Waals surface area contributed by atoms with E-state index < -0.39 is 33.2 Å². The lowest BCUT2D eigenvalue weighted by molar-refractivity contribution is -0.123. The Balaban J connectivity index is 1.67. The van der Waals surface area contributed by atoms with Gasteiger partial charge in [0.05, 0.1) is 22.9 Å². The Kier molecular flexibility index (Phi) is 7.28. The maximum atomic E-state index is 13.4. The molecule has 0 saturated heterocycles. The first-order valence-corrected chi connectivity index (χ1v) is 12.8. The van der Waals surface area contributed by atoms with Crippen molar-refractivity contribution in [2.24, 2.45) is 14.1 Å². The summed E-state index contributed by atoms with van der Waals surface area (Å²) < 4.78 is 36.6. The highest BCUT2D eigenvalue weighted by Crippen LogP contribution is 2.21. The predicted molar refractivity (Wildman–Crippen MR) is 139 cm³/mol. The first kappa shape index (κ1) is 25.9. The van der Waals surface area contributed by atoms with Crippen molar-refractivity contribution >= 4 is 26.8 Å². The van der Waals surface area contributed by atoms with Gasteiger partial charge in [-0.15, -0.1) is 0 Å². The van der Waals surface area contributed by atoms with Crippen molar-refractivity contribution in [3.63, 3.8) is 0 Å². The summed E-state index contributed by atoms with van der Waals surface area (Å²) in [4.78, 5) is 37.9. The zero-order valence-electron chi connectivity index (χ0n) is 20.5. The topological polar surface area (TPSA) is 128 Å². The predicted octanol–water partition coefficient (Wildman–Crippen LogP) is 1.58. The van der Waals surface area contributed by atoms with Crippen molar-refractivity contribution in [3.05, 3.63) is 105 Å². The molecule has 0 aliphatic heterocycles. The molecule has 10 nitrogen and oxygen atoms in total. The van der Waals surface area contributed by atoms with Gasteiger partial charge in [0, 0.05) is 20.6 Å². The number of benzene rings is 3. The number of carbonyl (C=O) groups excluding carboxylic acids is 1. The monoisotopic (exact) mass is 522 g/mol. The average molecular weight is 523 g/mol. The van der Waals surface area contributed by atoms with Gasteiger partial charge in [-0.1, -0.05) is 42.5 Å². The summed E-state index contributed by atoms with van der Waals surface area (Å²) >= 11 is 0. The van der Waals surface area contributed by atoms with E-state index in [9.17, 15) is 22.8 Å². The lowest BCUT2D eigenvalue weighted by Gasteiger charge is -2.19. The molecule has 4 aromatic rings. The van der Waals surface area contributed by atoms with E-state index in [0.29, 0.717) is 16.8 Å². The number of ether oxygens (including phenoxy) is 1. The Morgan fingerprint density at radius 3 is 2.38 bits per heavy atom. The van der Waals surface area contributed by atoms with Crippen molar-refractivity contribution in [1.82, 2.24) is 19.2 Å². The molecule has 0 bridgehead atoms. The van der Waals surface area contributed by atoms with Crippen molar-refractivity contribution in [1.29, 1.82) is 0 Å². The molecule has 2 N–H and O–H groups in total. The third kappa shape index (κ3) is 5.32. The smallest absolute Gasteiger partial charge is 0.330 e. The molecule has 3 aromatic carbocycles. The Labute approximate surface area is 213 Å². The molecule has 192 valence electrons. The van der Waals surface area contributed by atoms with Gasteiger partial charge in [-0.25, -0.2) is 13.2 Å². The third-order valence-electron chi connectivity index (χ3n) is 6.02. The minimum atomic E-state index is -4.26. The molecule has 37 heavy (non-hydrogen) atoms. The number of rotatable bonds is 8. The first-order chi connectivity index (χ1) is 17.6. The van der Waals surface area contributed by atoms with Crippen LogP contribution in [0.5, 0.6) is 5.75 Å². The molecule has 0 aliphatic carbocycles. The number of hydrogen-bond donors (Lipinski definition) is 2. The summed E-state index contributed by atoms with van der Waals surface area (Å²) in [5.74, 6) is 0.0729. The Hall–Kier alpha value is -4.22. The minimum absolute atomic E-state index is 0.0613. The maximum Gasteiger partial charge on any atom is 0.330 e. The zero-order chi connectivity index (χ0) is 26.7. The maximum absolute atomic E-state index is 13.4. The molecule has 1 atom stereocenters. The summed E-state index contributed by atoms with van der Waals surface area (Å²) in [5.41, 5.74) is 0.364. The number of aromatic nitrogens is 2. The van der Waals surface area contributed by atoms with Crippen molar-refractivity contribution < 1.29 is 17.9 Å². The molecule has 0 saturated carbocycles. The van der Waals surface area contributed by atoms with Gasteiger partial charge in [0.2, 0.25) is 15.9 Å². The highest BCUT2D eigenvalue weighted by atomic mass is 32.2. The van der Waals surface area contributed by atoms with Crippen LogP contribution in [-0.2, 0) is 35.5 Å². The number of carbonyl (C=O) groups is 1. The Morgan fingerprint density at radius 1 is 0.946 bits per heavy atom. The van der Waals surface area contributed by atoms with Crippen LogP contribution >= 0.6 is 0 Å². The molecule has 0 spiro atoms. The van der Waals surface area contributed by atoms with Crippen LogP contribution in [0, 0.1) is 0 Å². The standard InChI is InChI=1S/C26H26N4O6S/c1-29-22-13-12-20(15-21(22)25(32)30(2)26(29)33)37(34,35)28-23(18-9-5-4-6-10-18)24(31)27-16-17-8-7-11-19(14-17)36-3/h4-15,23,28H,16H2,1-3H3,(H,27,31). The number of aryl methyl sites for hydroxylation is 1. The number of hydrogen-bond acceptors (Lipinski definition) is 6. The van der Waals surface area contributed by atoms with E-state index >= 15 is 0 Å². The molecule has 4 rings (SSSR count). The number of fused-ring (bicyclic) bond motifs is 1. The molecular formula is C26H26N4O6S. The fraction of sp³-hybridized carbons (Fsp3) is 0.192. The van der Waals surface area contributed by atoms with E-state index in [2.05, 4.69) is 10.0 Å². The summed E-state index contributed by atoms with van der Waals surface area (Å²) in [6.07, 6.45) is 0. The number of nitrogens with one attached hydrogen (secondary N) is 2. The lowest BCUT2D eigenvalue weighted by Crippen LogP contribution is -2.40. The van der Waals surface area contributed by atoms with Gasteiger partial charge in [0.25, 0.3) is 5.56 Å². The third-order valence-corrected chi connectivity index (χ3v) is 7.44. The fourth-order valence-electron chi connectivity index (χ4n) is 3.96.